The zero-order valence-electron chi connectivity index (χ0n) is 14.8. The van der Waals surface area contributed by atoms with E-state index in [2.05, 4.69) is 5.32 Å². The van der Waals surface area contributed by atoms with Crippen LogP contribution in [0, 0.1) is 11.8 Å². The fourth-order valence-electron chi connectivity index (χ4n) is 4.23. The predicted molar refractivity (Wildman–Crippen MR) is 97.5 cm³/mol. The molecule has 138 valence electrons. The van der Waals surface area contributed by atoms with E-state index in [1.54, 1.807) is 30.1 Å². The molecule has 1 N–H and O–H groups in total. The van der Waals surface area contributed by atoms with Crippen LogP contribution in [0.5, 0.6) is 5.75 Å². The van der Waals surface area contributed by atoms with E-state index in [4.69, 9.17) is 20.8 Å². The third-order valence-corrected chi connectivity index (χ3v) is 5.89. The second-order valence-corrected chi connectivity index (χ2v) is 7.64. The van der Waals surface area contributed by atoms with Gasteiger partial charge in [0.25, 0.3) is 5.91 Å². The summed E-state index contributed by atoms with van der Waals surface area (Å²) >= 11 is 6.09. The molecule has 2 amide bonds. The summed E-state index contributed by atoms with van der Waals surface area (Å²) < 4.78 is 11.1. The molecule has 2 aliphatic rings. The van der Waals surface area contributed by atoms with Gasteiger partial charge in [-0.25, -0.2) is 0 Å². The number of hydrogen-bond acceptors (Lipinski definition) is 4. The molecule has 0 bridgehead atoms. The lowest BCUT2D eigenvalue weighted by Crippen LogP contribution is -2.38. The molecule has 2 heterocycles. The quantitative estimate of drug-likeness (QED) is 0.893. The van der Waals surface area contributed by atoms with E-state index >= 15 is 0 Å². The maximum atomic E-state index is 12.9. The maximum Gasteiger partial charge on any atom is 0.289 e. The molecule has 0 unspecified atom stereocenters. The number of halogens is 1. The molecule has 0 radical (unpaired) electrons. The van der Waals surface area contributed by atoms with Gasteiger partial charge >= 0.3 is 0 Å². The smallest absolute Gasteiger partial charge is 0.289 e. The van der Waals surface area contributed by atoms with Crippen LogP contribution in [-0.2, 0) is 4.79 Å². The summed E-state index contributed by atoms with van der Waals surface area (Å²) in [6.45, 7) is 0.711. The minimum absolute atomic E-state index is 0.113. The van der Waals surface area contributed by atoms with Crippen LogP contribution < -0.4 is 10.1 Å². The van der Waals surface area contributed by atoms with Crippen molar-refractivity contribution in [2.24, 2.45) is 11.8 Å². The topological polar surface area (TPSA) is 71.8 Å². The van der Waals surface area contributed by atoms with Crippen molar-refractivity contribution in [1.29, 1.82) is 0 Å². The first-order valence-electron chi connectivity index (χ1n) is 8.77. The molecule has 1 aromatic heterocycles. The molecule has 4 rings (SSSR count). The number of furan rings is 1. The van der Waals surface area contributed by atoms with Crippen molar-refractivity contribution >= 4 is 34.4 Å². The first kappa shape index (κ1) is 17.2. The minimum atomic E-state index is -0.165. The van der Waals surface area contributed by atoms with Crippen LogP contribution in [0.1, 0.15) is 29.8 Å². The molecule has 26 heavy (non-hydrogen) atoms. The lowest BCUT2D eigenvalue weighted by atomic mass is 9.89. The molecule has 7 heteroatoms. The number of piperidine rings is 1. The number of amides is 2. The lowest BCUT2D eigenvalue weighted by molar-refractivity contribution is -0.124. The zero-order valence-corrected chi connectivity index (χ0v) is 15.5. The summed E-state index contributed by atoms with van der Waals surface area (Å²) in [4.78, 5) is 26.3. The van der Waals surface area contributed by atoms with Crippen molar-refractivity contribution in [1.82, 2.24) is 10.2 Å². The highest BCUT2D eigenvalue weighted by molar-refractivity contribution is 6.31. The average molecular weight is 377 g/mol. The van der Waals surface area contributed by atoms with Crippen LogP contribution in [0.15, 0.2) is 22.6 Å². The summed E-state index contributed by atoms with van der Waals surface area (Å²) in [6.07, 6.45) is 2.32. The van der Waals surface area contributed by atoms with E-state index in [1.807, 2.05) is 0 Å². The number of ether oxygens (including phenoxy) is 1. The second-order valence-electron chi connectivity index (χ2n) is 7.21. The van der Waals surface area contributed by atoms with Gasteiger partial charge in [-0.1, -0.05) is 11.6 Å². The molecule has 1 saturated carbocycles. The van der Waals surface area contributed by atoms with Crippen LogP contribution >= 0.6 is 11.6 Å². The molecule has 1 aliphatic heterocycles. The highest BCUT2D eigenvalue weighted by atomic mass is 35.5. The van der Waals surface area contributed by atoms with Crippen molar-refractivity contribution in [3.63, 3.8) is 0 Å². The van der Waals surface area contributed by atoms with Gasteiger partial charge in [-0.2, -0.15) is 0 Å². The number of hydrogen-bond donors (Lipinski definition) is 1. The fraction of sp³-hybridized carbons (Fsp3) is 0.474. The van der Waals surface area contributed by atoms with Crippen molar-refractivity contribution in [2.75, 3.05) is 20.7 Å². The molecular weight excluding hydrogens is 356 g/mol. The largest absolute Gasteiger partial charge is 0.493 e. The molecule has 2 fully saturated rings. The van der Waals surface area contributed by atoms with Crippen LogP contribution in [0.25, 0.3) is 11.0 Å². The molecule has 2 aromatic rings. The number of carbonyl (C=O) groups excluding carboxylic acids is 2. The summed E-state index contributed by atoms with van der Waals surface area (Å²) in [5.41, 5.74) is 0.517. The van der Waals surface area contributed by atoms with Crippen molar-refractivity contribution in [3.8, 4) is 5.75 Å². The van der Waals surface area contributed by atoms with E-state index in [0.717, 1.165) is 18.2 Å². The Balaban J connectivity index is 1.56. The van der Waals surface area contributed by atoms with Crippen molar-refractivity contribution in [3.05, 3.63) is 29.0 Å². The molecule has 1 aromatic carbocycles. The van der Waals surface area contributed by atoms with E-state index in [9.17, 15) is 9.59 Å². The minimum Gasteiger partial charge on any atom is -0.493 e. The Morgan fingerprint density at radius 2 is 2.08 bits per heavy atom. The van der Waals surface area contributed by atoms with Gasteiger partial charge in [-0.05, 0) is 36.8 Å². The SMILES string of the molecule is COc1cc(Cl)cc2cc(C(=O)N(C)[C@H]3C[C@H]4CC(=O)NC[C@H]4C3)oc12. The molecule has 1 saturated heterocycles. The van der Waals surface area contributed by atoms with E-state index in [0.29, 0.717) is 41.2 Å². The number of nitrogens with zero attached hydrogens (tertiary/aromatic N) is 1. The van der Waals surface area contributed by atoms with Crippen LogP contribution in [0.3, 0.4) is 0 Å². The second kappa shape index (κ2) is 6.50. The van der Waals surface area contributed by atoms with Crippen LogP contribution in [0.2, 0.25) is 5.02 Å². The zero-order chi connectivity index (χ0) is 18.4. The number of rotatable bonds is 3. The van der Waals surface area contributed by atoms with Crippen molar-refractivity contribution in [2.45, 2.75) is 25.3 Å². The molecule has 1 aliphatic carbocycles. The summed E-state index contributed by atoms with van der Waals surface area (Å²) in [5, 5.41) is 4.19. The van der Waals surface area contributed by atoms with E-state index in [1.165, 1.54) is 7.11 Å². The van der Waals surface area contributed by atoms with Gasteiger partial charge in [0.15, 0.2) is 17.1 Å². The van der Waals surface area contributed by atoms with Gasteiger partial charge in [0, 0.05) is 42.5 Å². The number of nitrogens with one attached hydrogen (secondary N) is 1. The Kier molecular flexibility index (Phi) is 4.31. The lowest BCUT2D eigenvalue weighted by Gasteiger charge is -2.24. The Bertz CT molecular complexity index is 878. The first-order chi connectivity index (χ1) is 12.5. The number of fused-ring (bicyclic) bond motifs is 2. The third kappa shape index (κ3) is 2.92. The van der Waals surface area contributed by atoms with E-state index in [-0.39, 0.29) is 23.6 Å². The Labute approximate surface area is 156 Å². The van der Waals surface area contributed by atoms with Gasteiger partial charge < -0.3 is 19.4 Å². The normalized spacial score (nSPS) is 25.0. The number of methoxy groups -OCH3 is 1. The molecule has 3 atom stereocenters. The summed E-state index contributed by atoms with van der Waals surface area (Å²) in [7, 11) is 3.34. The average Bonchev–Trinajstić information content (AvgIpc) is 3.22. The maximum absolute atomic E-state index is 12.9. The number of carbonyl (C=O) groups is 2. The number of benzene rings is 1. The Hall–Kier alpha value is -2.21. The fourth-order valence-corrected chi connectivity index (χ4v) is 4.45. The molecular formula is C19H21ClN2O4. The Morgan fingerprint density at radius 3 is 2.85 bits per heavy atom. The molecule has 0 spiro atoms. The van der Waals surface area contributed by atoms with Crippen LogP contribution in [-0.4, -0.2) is 43.5 Å². The van der Waals surface area contributed by atoms with Gasteiger partial charge in [0.05, 0.1) is 7.11 Å². The van der Waals surface area contributed by atoms with Gasteiger partial charge in [0.2, 0.25) is 5.91 Å². The van der Waals surface area contributed by atoms with E-state index < -0.39 is 0 Å². The van der Waals surface area contributed by atoms with Crippen LogP contribution in [0.4, 0.5) is 0 Å². The van der Waals surface area contributed by atoms with Gasteiger partial charge in [-0.15, -0.1) is 0 Å². The highest BCUT2D eigenvalue weighted by Crippen LogP contribution is 2.39. The standard InChI is InChI=1S/C19H21ClN2O4/c1-22(14-4-10-7-17(23)21-9-12(10)5-14)19(24)16-6-11-3-13(20)8-15(25-2)18(11)26-16/h3,6,8,10,12,14H,4-5,7,9H2,1-2H3,(H,21,23)/t10-,12+,14-/m0/s1. The summed E-state index contributed by atoms with van der Waals surface area (Å²) in [6, 6.07) is 5.23. The van der Waals surface area contributed by atoms with Gasteiger partial charge in [0.1, 0.15) is 0 Å². The van der Waals surface area contributed by atoms with Gasteiger partial charge in [-0.3, -0.25) is 9.59 Å². The highest BCUT2D eigenvalue weighted by Gasteiger charge is 2.41. The third-order valence-electron chi connectivity index (χ3n) is 5.67. The first-order valence-corrected chi connectivity index (χ1v) is 9.15. The predicted octanol–water partition coefficient (Wildman–Crippen LogP) is 3.08. The van der Waals surface area contributed by atoms with Crippen molar-refractivity contribution < 1.29 is 18.7 Å². The Morgan fingerprint density at radius 1 is 1.31 bits per heavy atom. The monoisotopic (exact) mass is 376 g/mol. The molecule has 6 nitrogen and oxygen atoms in total. The summed E-state index contributed by atoms with van der Waals surface area (Å²) in [5.74, 6) is 1.53.